The van der Waals surface area contributed by atoms with Gasteiger partial charge in [0.15, 0.2) is 5.13 Å². The number of hydrogen-bond donors (Lipinski definition) is 2. The number of aryl methyl sites for hydroxylation is 2. The molecule has 0 aliphatic heterocycles. The first-order valence-corrected chi connectivity index (χ1v) is 6.01. The van der Waals surface area contributed by atoms with E-state index < -0.39 is 0 Å². The summed E-state index contributed by atoms with van der Waals surface area (Å²) >= 11 is 1.37. The molecule has 6 heteroatoms. The average molecular weight is 251 g/mol. The summed E-state index contributed by atoms with van der Waals surface area (Å²) in [5.74, 6) is 1.42. The van der Waals surface area contributed by atoms with Crippen LogP contribution in [0.25, 0.3) is 11.3 Å². The molecule has 2 heterocycles. The number of carbonyl (C=O) groups is 1. The molecule has 0 saturated carbocycles. The van der Waals surface area contributed by atoms with Gasteiger partial charge in [0.1, 0.15) is 11.5 Å². The summed E-state index contributed by atoms with van der Waals surface area (Å²) in [4.78, 5) is 15.4. The molecule has 17 heavy (non-hydrogen) atoms. The molecule has 0 aliphatic rings. The van der Waals surface area contributed by atoms with Gasteiger partial charge in [-0.15, -0.1) is 11.3 Å². The fraction of sp³-hybridized carbons (Fsp3) is 0.273. The van der Waals surface area contributed by atoms with Crippen molar-refractivity contribution >= 4 is 22.4 Å². The number of rotatable bonds is 3. The summed E-state index contributed by atoms with van der Waals surface area (Å²) in [7, 11) is 0. The third-order valence-corrected chi connectivity index (χ3v) is 3.01. The van der Waals surface area contributed by atoms with E-state index in [4.69, 9.17) is 10.2 Å². The zero-order valence-corrected chi connectivity index (χ0v) is 10.4. The van der Waals surface area contributed by atoms with Gasteiger partial charge in [-0.05, 0) is 19.9 Å². The van der Waals surface area contributed by atoms with Crippen LogP contribution in [0.1, 0.15) is 11.5 Å². The standard InChI is InChI=1S/C11H13N3O2S/c1-6-3-8(7(2)16-6)9-5-17-11(13-9)14-10(15)4-12/h3,5H,4,12H2,1-2H3,(H,13,14,15). The second kappa shape index (κ2) is 4.68. The third kappa shape index (κ3) is 2.54. The molecule has 0 saturated heterocycles. The van der Waals surface area contributed by atoms with Crippen molar-refractivity contribution in [2.75, 3.05) is 11.9 Å². The van der Waals surface area contributed by atoms with Crippen molar-refractivity contribution in [2.24, 2.45) is 5.73 Å². The molecule has 0 unspecified atom stereocenters. The topological polar surface area (TPSA) is 81.2 Å². The van der Waals surface area contributed by atoms with Crippen molar-refractivity contribution in [1.82, 2.24) is 4.98 Å². The van der Waals surface area contributed by atoms with Gasteiger partial charge in [0.05, 0.1) is 12.2 Å². The Labute approximate surface area is 103 Å². The van der Waals surface area contributed by atoms with E-state index in [1.54, 1.807) is 0 Å². The van der Waals surface area contributed by atoms with Crippen LogP contribution in [0.3, 0.4) is 0 Å². The van der Waals surface area contributed by atoms with Crippen LogP contribution in [0.15, 0.2) is 15.9 Å². The summed E-state index contributed by atoms with van der Waals surface area (Å²) in [6.45, 7) is 3.73. The number of aromatic nitrogens is 1. The molecule has 5 nitrogen and oxygen atoms in total. The lowest BCUT2D eigenvalue weighted by Gasteiger charge is -1.96. The number of thiazole rings is 1. The normalized spacial score (nSPS) is 10.5. The lowest BCUT2D eigenvalue weighted by molar-refractivity contribution is -0.114. The van der Waals surface area contributed by atoms with E-state index in [1.165, 1.54) is 11.3 Å². The van der Waals surface area contributed by atoms with Crippen LogP contribution >= 0.6 is 11.3 Å². The molecule has 0 atom stereocenters. The second-order valence-corrected chi connectivity index (χ2v) is 4.48. The summed E-state index contributed by atoms with van der Waals surface area (Å²) in [6.07, 6.45) is 0. The molecule has 0 aromatic carbocycles. The van der Waals surface area contributed by atoms with Crippen LogP contribution < -0.4 is 11.1 Å². The van der Waals surface area contributed by atoms with Crippen molar-refractivity contribution in [3.63, 3.8) is 0 Å². The minimum Gasteiger partial charge on any atom is -0.466 e. The monoisotopic (exact) mass is 251 g/mol. The Bertz CT molecular complexity index is 545. The largest absolute Gasteiger partial charge is 0.466 e. The van der Waals surface area contributed by atoms with Gasteiger partial charge >= 0.3 is 0 Å². The van der Waals surface area contributed by atoms with Crippen molar-refractivity contribution < 1.29 is 9.21 Å². The summed E-state index contributed by atoms with van der Waals surface area (Å²) in [6, 6.07) is 1.93. The fourth-order valence-corrected chi connectivity index (χ4v) is 2.24. The van der Waals surface area contributed by atoms with Crippen molar-refractivity contribution in [2.45, 2.75) is 13.8 Å². The second-order valence-electron chi connectivity index (χ2n) is 3.62. The first kappa shape index (κ1) is 11.8. The highest BCUT2D eigenvalue weighted by atomic mass is 32.1. The van der Waals surface area contributed by atoms with Gasteiger partial charge in [-0.25, -0.2) is 4.98 Å². The molecule has 0 bridgehead atoms. The Morgan fingerprint density at radius 2 is 2.35 bits per heavy atom. The molecule has 3 N–H and O–H groups in total. The van der Waals surface area contributed by atoms with Gasteiger partial charge in [0.2, 0.25) is 5.91 Å². The molecule has 90 valence electrons. The number of furan rings is 1. The molecule has 0 spiro atoms. The smallest absolute Gasteiger partial charge is 0.239 e. The Morgan fingerprint density at radius 3 is 2.94 bits per heavy atom. The summed E-state index contributed by atoms with van der Waals surface area (Å²) in [5.41, 5.74) is 6.97. The SMILES string of the molecule is Cc1cc(-c2csc(NC(=O)CN)n2)c(C)o1. The number of amides is 1. The van der Waals surface area contributed by atoms with E-state index in [1.807, 2.05) is 25.3 Å². The van der Waals surface area contributed by atoms with Crippen LogP contribution in [0.2, 0.25) is 0 Å². The van der Waals surface area contributed by atoms with Crippen LogP contribution in [0, 0.1) is 13.8 Å². The third-order valence-electron chi connectivity index (χ3n) is 2.25. The van der Waals surface area contributed by atoms with Crippen molar-refractivity contribution in [3.8, 4) is 11.3 Å². The quantitative estimate of drug-likeness (QED) is 0.873. The lowest BCUT2D eigenvalue weighted by atomic mass is 10.2. The summed E-state index contributed by atoms with van der Waals surface area (Å²) in [5, 5.41) is 5.05. The van der Waals surface area contributed by atoms with Crippen LogP contribution in [-0.2, 0) is 4.79 Å². The van der Waals surface area contributed by atoms with Gasteiger partial charge in [0.25, 0.3) is 0 Å². The number of nitrogens with zero attached hydrogens (tertiary/aromatic N) is 1. The number of nitrogens with one attached hydrogen (secondary N) is 1. The maximum absolute atomic E-state index is 11.1. The van der Waals surface area contributed by atoms with E-state index in [2.05, 4.69) is 10.3 Å². The van der Waals surface area contributed by atoms with E-state index in [0.29, 0.717) is 5.13 Å². The molecule has 2 aromatic rings. The zero-order valence-electron chi connectivity index (χ0n) is 9.61. The number of anilines is 1. The molecule has 2 aromatic heterocycles. The molecular formula is C11H13N3O2S. The van der Waals surface area contributed by atoms with Crippen LogP contribution in [0.5, 0.6) is 0 Å². The Balaban J connectivity index is 2.24. The first-order valence-electron chi connectivity index (χ1n) is 5.13. The van der Waals surface area contributed by atoms with E-state index in [0.717, 1.165) is 22.8 Å². The highest BCUT2D eigenvalue weighted by Gasteiger charge is 2.11. The number of nitrogens with two attached hydrogens (primary N) is 1. The lowest BCUT2D eigenvalue weighted by Crippen LogP contribution is -2.21. The fourth-order valence-electron chi connectivity index (χ4n) is 1.51. The van der Waals surface area contributed by atoms with E-state index >= 15 is 0 Å². The number of hydrogen-bond acceptors (Lipinski definition) is 5. The molecular weight excluding hydrogens is 238 g/mol. The van der Waals surface area contributed by atoms with Gasteiger partial charge in [0, 0.05) is 10.9 Å². The highest BCUT2D eigenvalue weighted by Crippen LogP contribution is 2.29. The van der Waals surface area contributed by atoms with Crippen molar-refractivity contribution in [3.05, 3.63) is 23.0 Å². The number of carbonyl (C=O) groups excluding carboxylic acids is 1. The van der Waals surface area contributed by atoms with Gasteiger partial charge in [-0.3, -0.25) is 4.79 Å². The maximum Gasteiger partial charge on any atom is 0.239 e. The van der Waals surface area contributed by atoms with E-state index in [-0.39, 0.29) is 12.5 Å². The maximum atomic E-state index is 11.1. The molecule has 2 rings (SSSR count). The van der Waals surface area contributed by atoms with Crippen LogP contribution in [0.4, 0.5) is 5.13 Å². The first-order chi connectivity index (χ1) is 8.10. The highest BCUT2D eigenvalue weighted by molar-refractivity contribution is 7.14. The van der Waals surface area contributed by atoms with Crippen molar-refractivity contribution in [1.29, 1.82) is 0 Å². The Hall–Kier alpha value is -1.66. The Kier molecular flexibility index (Phi) is 3.26. The summed E-state index contributed by atoms with van der Waals surface area (Å²) < 4.78 is 5.44. The minimum atomic E-state index is -0.244. The average Bonchev–Trinajstić information content (AvgIpc) is 2.85. The zero-order chi connectivity index (χ0) is 12.4. The molecule has 1 amide bonds. The predicted octanol–water partition coefficient (Wildman–Crippen LogP) is 1.92. The molecule has 0 radical (unpaired) electrons. The predicted molar refractivity (Wildman–Crippen MR) is 67.0 cm³/mol. The molecule has 0 fully saturated rings. The van der Waals surface area contributed by atoms with Gasteiger partial charge in [-0.1, -0.05) is 0 Å². The van der Waals surface area contributed by atoms with Crippen LogP contribution in [-0.4, -0.2) is 17.4 Å². The minimum absolute atomic E-state index is 0.0429. The van der Waals surface area contributed by atoms with E-state index in [9.17, 15) is 4.79 Å². The molecule has 0 aliphatic carbocycles. The Morgan fingerprint density at radius 1 is 1.59 bits per heavy atom. The van der Waals surface area contributed by atoms with Gasteiger partial charge in [-0.2, -0.15) is 0 Å². The van der Waals surface area contributed by atoms with Gasteiger partial charge < -0.3 is 15.5 Å².